The Bertz CT molecular complexity index is 543. The minimum absolute atomic E-state index is 0.0259. The number of hydrogen-bond acceptors (Lipinski definition) is 6. The summed E-state index contributed by atoms with van der Waals surface area (Å²) >= 11 is 0. The van der Waals surface area contributed by atoms with Crippen molar-refractivity contribution in [1.29, 1.82) is 0 Å². The highest BCUT2D eigenvalue weighted by Gasteiger charge is 2.53. The fourth-order valence-corrected chi connectivity index (χ4v) is 3.25. The molecule has 0 bridgehead atoms. The highest BCUT2D eigenvalue weighted by Crippen LogP contribution is 2.40. The third kappa shape index (κ3) is 1.79. The van der Waals surface area contributed by atoms with Crippen LogP contribution in [0, 0.1) is 16.0 Å². The zero-order valence-electron chi connectivity index (χ0n) is 11.6. The number of nitro groups is 1. The van der Waals surface area contributed by atoms with Crippen LogP contribution in [-0.2, 0) is 18.2 Å². The van der Waals surface area contributed by atoms with E-state index in [0.717, 1.165) is 13.0 Å². The first-order chi connectivity index (χ1) is 9.54. The molecule has 1 saturated heterocycles. The summed E-state index contributed by atoms with van der Waals surface area (Å²) in [4.78, 5) is 10.9. The Hall–Kier alpha value is -1.67. The number of nitrogens with two attached hydrogens (primary N) is 1. The summed E-state index contributed by atoms with van der Waals surface area (Å²) < 4.78 is 7.16. The summed E-state index contributed by atoms with van der Waals surface area (Å²) in [6.45, 7) is 2.57. The molecule has 2 heterocycles. The first-order valence-electron chi connectivity index (χ1n) is 6.88. The van der Waals surface area contributed by atoms with Crippen molar-refractivity contribution in [1.82, 2.24) is 9.78 Å². The van der Waals surface area contributed by atoms with Crippen LogP contribution in [-0.4, -0.2) is 39.5 Å². The van der Waals surface area contributed by atoms with Gasteiger partial charge in [0.1, 0.15) is 5.69 Å². The fourth-order valence-electron chi connectivity index (χ4n) is 3.25. The van der Waals surface area contributed by atoms with Gasteiger partial charge in [0.2, 0.25) is 5.82 Å². The van der Waals surface area contributed by atoms with Gasteiger partial charge in [0, 0.05) is 25.6 Å². The average molecular weight is 281 g/mol. The van der Waals surface area contributed by atoms with Crippen LogP contribution in [0.3, 0.4) is 0 Å². The first-order valence-corrected chi connectivity index (χ1v) is 6.88. The zero-order valence-corrected chi connectivity index (χ0v) is 11.6. The van der Waals surface area contributed by atoms with Gasteiger partial charge in [-0.25, -0.2) is 4.68 Å². The van der Waals surface area contributed by atoms with Gasteiger partial charge in [0.05, 0.1) is 17.1 Å². The molecule has 1 aromatic heterocycles. The summed E-state index contributed by atoms with van der Waals surface area (Å²) in [5, 5.41) is 18.6. The van der Waals surface area contributed by atoms with Crippen molar-refractivity contribution in [2.24, 2.45) is 18.7 Å². The van der Waals surface area contributed by atoms with E-state index in [0.29, 0.717) is 23.9 Å². The fraction of sp³-hybridized carbons (Fsp3) is 0.750. The van der Waals surface area contributed by atoms with E-state index >= 15 is 0 Å². The third-order valence-electron chi connectivity index (χ3n) is 4.36. The number of hydrogen-bond donors (Lipinski definition) is 2. The Morgan fingerprint density at radius 1 is 1.65 bits per heavy atom. The second-order valence-corrected chi connectivity index (χ2v) is 5.41. The van der Waals surface area contributed by atoms with Gasteiger partial charge >= 0.3 is 5.69 Å². The lowest BCUT2D eigenvalue weighted by molar-refractivity contribution is -0.384. The summed E-state index contributed by atoms with van der Waals surface area (Å²) in [6.07, 6.45) is 1.55. The number of aromatic nitrogens is 2. The Morgan fingerprint density at radius 3 is 3.05 bits per heavy atom. The number of anilines is 1. The van der Waals surface area contributed by atoms with Crippen molar-refractivity contribution < 1.29 is 9.66 Å². The molecule has 0 spiro atoms. The molecule has 1 saturated carbocycles. The summed E-state index contributed by atoms with van der Waals surface area (Å²) in [5.41, 5.74) is 6.66. The minimum atomic E-state index is -0.384. The molecule has 3 N–H and O–H groups in total. The number of nitrogens with zero attached hydrogens (tertiary/aromatic N) is 3. The van der Waals surface area contributed by atoms with Crippen molar-refractivity contribution in [3.8, 4) is 0 Å². The summed E-state index contributed by atoms with van der Waals surface area (Å²) in [6, 6.07) is -0.108. The SMILES string of the molecule is CCc1nn(C)c(NC2C(N)C3CCOC32)c1[N+](=O)[O-]. The Morgan fingerprint density at radius 2 is 2.40 bits per heavy atom. The molecule has 8 nitrogen and oxygen atoms in total. The lowest BCUT2D eigenvalue weighted by atomic mass is 9.72. The normalized spacial score (nSPS) is 31.8. The standard InChI is InChI=1S/C12H19N5O3/c1-3-7-10(17(18)19)12(16(2)15-7)14-9-8(13)6-4-5-20-11(6)9/h6,8-9,11,14H,3-5,13H2,1-2H3. The quantitative estimate of drug-likeness (QED) is 0.611. The molecule has 110 valence electrons. The average Bonchev–Trinajstić information content (AvgIpc) is 2.97. The molecule has 0 aromatic carbocycles. The number of rotatable bonds is 4. The van der Waals surface area contributed by atoms with Crippen molar-refractivity contribution in [3.63, 3.8) is 0 Å². The van der Waals surface area contributed by atoms with E-state index < -0.39 is 0 Å². The largest absolute Gasteiger partial charge is 0.376 e. The maximum Gasteiger partial charge on any atom is 0.333 e. The van der Waals surface area contributed by atoms with E-state index in [1.807, 2.05) is 6.92 Å². The molecule has 2 fully saturated rings. The van der Waals surface area contributed by atoms with Crippen LogP contribution in [0.15, 0.2) is 0 Å². The van der Waals surface area contributed by atoms with Gasteiger partial charge in [-0.2, -0.15) is 5.10 Å². The van der Waals surface area contributed by atoms with Gasteiger partial charge < -0.3 is 15.8 Å². The van der Waals surface area contributed by atoms with Crippen LogP contribution in [0.5, 0.6) is 0 Å². The monoisotopic (exact) mass is 281 g/mol. The van der Waals surface area contributed by atoms with Gasteiger partial charge in [0.15, 0.2) is 0 Å². The predicted molar refractivity (Wildman–Crippen MR) is 72.5 cm³/mol. The molecular formula is C12H19N5O3. The van der Waals surface area contributed by atoms with Crippen molar-refractivity contribution in [2.75, 3.05) is 11.9 Å². The van der Waals surface area contributed by atoms with Crippen LogP contribution in [0.4, 0.5) is 11.5 Å². The van der Waals surface area contributed by atoms with Gasteiger partial charge in [-0.15, -0.1) is 0 Å². The van der Waals surface area contributed by atoms with Crippen molar-refractivity contribution >= 4 is 11.5 Å². The minimum Gasteiger partial charge on any atom is -0.376 e. The second kappa shape index (κ2) is 4.71. The Balaban J connectivity index is 1.87. The van der Waals surface area contributed by atoms with E-state index in [1.54, 1.807) is 7.05 Å². The highest BCUT2D eigenvalue weighted by molar-refractivity contribution is 5.61. The second-order valence-electron chi connectivity index (χ2n) is 5.41. The molecule has 3 rings (SSSR count). The number of nitrogens with one attached hydrogen (secondary N) is 1. The topological polar surface area (TPSA) is 108 Å². The van der Waals surface area contributed by atoms with E-state index in [2.05, 4.69) is 10.4 Å². The smallest absolute Gasteiger partial charge is 0.333 e. The summed E-state index contributed by atoms with van der Waals surface area (Å²) in [7, 11) is 1.70. The van der Waals surface area contributed by atoms with E-state index in [9.17, 15) is 10.1 Å². The molecule has 1 aliphatic heterocycles. The number of fused-ring (bicyclic) bond motifs is 1. The Labute approximate surface area is 116 Å². The van der Waals surface area contributed by atoms with Crippen molar-refractivity contribution in [3.05, 3.63) is 15.8 Å². The maximum absolute atomic E-state index is 11.3. The third-order valence-corrected chi connectivity index (χ3v) is 4.36. The van der Waals surface area contributed by atoms with E-state index in [1.165, 1.54) is 4.68 Å². The lowest BCUT2D eigenvalue weighted by Gasteiger charge is -2.45. The molecule has 0 radical (unpaired) electrons. The summed E-state index contributed by atoms with van der Waals surface area (Å²) in [5.74, 6) is 0.784. The van der Waals surface area contributed by atoms with Crippen LogP contribution in [0.25, 0.3) is 0 Å². The van der Waals surface area contributed by atoms with E-state index in [4.69, 9.17) is 10.5 Å². The lowest BCUT2D eigenvalue weighted by Crippen LogP contribution is -2.65. The van der Waals surface area contributed by atoms with Crippen LogP contribution in [0.2, 0.25) is 0 Å². The van der Waals surface area contributed by atoms with Crippen molar-refractivity contribution in [2.45, 2.75) is 38.0 Å². The maximum atomic E-state index is 11.3. The molecule has 20 heavy (non-hydrogen) atoms. The molecule has 1 aliphatic carbocycles. The molecule has 2 aliphatic rings. The predicted octanol–water partition coefficient (Wildman–Crippen LogP) is 0.417. The van der Waals surface area contributed by atoms with Crippen LogP contribution in [0.1, 0.15) is 19.0 Å². The Kier molecular flexibility index (Phi) is 3.14. The number of aryl methyl sites for hydroxylation is 2. The van der Waals surface area contributed by atoms with Gasteiger partial charge in [0.25, 0.3) is 0 Å². The van der Waals surface area contributed by atoms with Crippen LogP contribution >= 0.6 is 0 Å². The zero-order chi connectivity index (χ0) is 14.4. The molecule has 8 heteroatoms. The first kappa shape index (κ1) is 13.3. The van der Waals surface area contributed by atoms with Gasteiger partial charge in [-0.3, -0.25) is 10.1 Å². The van der Waals surface area contributed by atoms with E-state index in [-0.39, 0.29) is 28.8 Å². The molecule has 0 amide bonds. The number of ether oxygens (including phenoxy) is 1. The van der Waals surface area contributed by atoms with Gasteiger partial charge in [-0.05, 0) is 12.8 Å². The molecule has 4 unspecified atom stereocenters. The molecule has 1 aromatic rings. The van der Waals surface area contributed by atoms with Gasteiger partial charge in [-0.1, -0.05) is 6.92 Å². The molecule has 4 atom stereocenters. The van der Waals surface area contributed by atoms with Crippen LogP contribution < -0.4 is 11.1 Å². The molecular weight excluding hydrogens is 262 g/mol. The highest BCUT2D eigenvalue weighted by atomic mass is 16.6.